The topological polar surface area (TPSA) is 63.5 Å². The average molecular weight is 414 g/mol. The van der Waals surface area contributed by atoms with Gasteiger partial charge in [-0.05, 0) is 31.4 Å². The van der Waals surface area contributed by atoms with E-state index in [1.807, 2.05) is 7.05 Å². The first kappa shape index (κ1) is 20.0. The van der Waals surface area contributed by atoms with Crippen LogP contribution in [-0.4, -0.2) is 64.7 Å². The Morgan fingerprint density at radius 2 is 2.00 bits per heavy atom. The van der Waals surface area contributed by atoms with Gasteiger partial charge in [-0.15, -0.1) is 0 Å². The number of benzene rings is 1. The molecule has 3 aromatic rings. The third kappa shape index (κ3) is 4.19. The Labute approximate surface area is 174 Å². The number of hydrogen-bond donors (Lipinski definition) is 0. The number of nitrogens with zero attached hydrogens (tertiary/aromatic N) is 5. The number of imidazole rings is 1. The van der Waals surface area contributed by atoms with Crippen LogP contribution < -0.4 is 4.90 Å². The van der Waals surface area contributed by atoms with Gasteiger partial charge in [-0.25, -0.2) is 9.97 Å². The summed E-state index contributed by atoms with van der Waals surface area (Å²) in [7, 11) is 1.85. The van der Waals surface area contributed by atoms with Gasteiger partial charge in [0.1, 0.15) is 0 Å². The lowest BCUT2D eigenvalue weighted by atomic mass is 10.1. The molecule has 0 spiro atoms. The molecule has 1 fully saturated rings. The quantitative estimate of drug-likeness (QED) is 0.622. The van der Waals surface area contributed by atoms with Crippen LogP contribution in [0, 0.1) is 13.8 Å². The SMILES string of the molecule is Cc1ccc(C)c2sc(N(CCCN3CCOCC3)C(=O)c3nccn3C)nc12. The first-order valence-corrected chi connectivity index (χ1v) is 10.8. The highest BCUT2D eigenvalue weighted by molar-refractivity contribution is 7.22. The van der Waals surface area contributed by atoms with Gasteiger partial charge in [0.25, 0.3) is 5.91 Å². The standard InChI is InChI=1S/C21H27N5O2S/c1-15-5-6-16(2)18-17(15)23-21(29-18)26(20(27)19-22-7-10-24(19)3)9-4-8-25-11-13-28-14-12-25/h5-7,10H,4,8-9,11-14H2,1-3H3. The summed E-state index contributed by atoms with van der Waals surface area (Å²) < 4.78 is 8.34. The van der Waals surface area contributed by atoms with E-state index in [2.05, 4.69) is 35.9 Å². The second-order valence-corrected chi connectivity index (χ2v) is 8.48. The Hall–Kier alpha value is -2.29. The van der Waals surface area contributed by atoms with Gasteiger partial charge in [-0.3, -0.25) is 14.6 Å². The summed E-state index contributed by atoms with van der Waals surface area (Å²) in [4.78, 5) is 26.6. The van der Waals surface area contributed by atoms with Crippen LogP contribution in [0.2, 0.25) is 0 Å². The fourth-order valence-electron chi connectivity index (χ4n) is 3.62. The average Bonchev–Trinajstić information content (AvgIpc) is 3.36. The van der Waals surface area contributed by atoms with Gasteiger partial charge >= 0.3 is 0 Å². The van der Waals surface area contributed by atoms with E-state index in [4.69, 9.17) is 9.72 Å². The van der Waals surface area contributed by atoms with E-state index in [1.54, 1.807) is 33.2 Å². The van der Waals surface area contributed by atoms with Crippen molar-refractivity contribution in [2.75, 3.05) is 44.3 Å². The molecule has 0 N–H and O–H groups in total. The number of ether oxygens (including phenoxy) is 1. The van der Waals surface area contributed by atoms with Crippen molar-refractivity contribution in [2.24, 2.45) is 7.05 Å². The normalized spacial score (nSPS) is 15.1. The minimum Gasteiger partial charge on any atom is -0.379 e. The molecule has 0 bridgehead atoms. The van der Waals surface area contributed by atoms with Crippen molar-refractivity contribution >= 4 is 32.6 Å². The summed E-state index contributed by atoms with van der Waals surface area (Å²) in [5.74, 6) is 0.331. The summed E-state index contributed by atoms with van der Waals surface area (Å²) in [6.45, 7) is 9.18. The molecule has 1 saturated heterocycles. The predicted molar refractivity (Wildman–Crippen MR) is 116 cm³/mol. The maximum absolute atomic E-state index is 13.3. The molecule has 0 atom stereocenters. The van der Waals surface area contributed by atoms with Gasteiger partial charge in [0.05, 0.1) is 23.4 Å². The zero-order valence-corrected chi connectivity index (χ0v) is 18.0. The monoisotopic (exact) mass is 413 g/mol. The van der Waals surface area contributed by atoms with Gasteiger partial charge < -0.3 is 9.30 Å². The fourth-order valence-corrected chi connectivity index (χ4v) is 4.75. The number of aryl methyl sites for hydroxylation is 3. The van der Waals surface area contributed by atoms with Crippen LogP contribution in [0.3, 0.4) is 0 Å². The zero-order valence-electron chi connectivity index (χ0n) is 17.2. The fraction of sp³-hybridized carbons (Fsp3) is 0.476. The number of fused-ring (bicyclic) bond motifs is 1. The first-order chi connectivity index (χ1) is 14.0. The van der Waals surface area contributed by atoms with E-state index in [0.29, 0.717) is 12.4 Å². The maximum Gasteiger partial charge on any atom is 0.296 e. The van der Waals surface area contributed by atoms with Crippen LogP contribution >= 0.6 is 11.3 Å². The van der Waals surface area contributed by atoms with E-state index in [9.17, 15) is 4.79 Å². The number of carbonyl (C=O) groups is 1. The number of rotatable bonds is 6. The number of thiazole rings is 1. The smallest absolute Gasteiger partial charge is 0.296 e. The van der Waals surface area contributed by atoms with Crippen molar-refractivity contribution < 1.29 is 9.53 Å². The van der Waals surface area contributed by atoms with Crippen molar-refractivity contribution in [1.29, 1.82) is 0 Å². The van der Waals surface area contributed by atoms with Gasteiger partial charge in [0.15, 0.2) is 11.0 Å². The minimum absolute atomic E-state index is 0.103. The molecule has 0 radical (unpaired) electrons. The molecular formula is C21H27N5O2S. The number of morpholine rings is 1. The molecule has 3 heterocycles. The molecular weight excluding hydrogens is 386 g/mol. The van der Waals surface area contributed by atoms with E-state index >= 15 is 0 Å². The lowest BCUT2D eigenvalue weighted by Crippen LogP contribution is -2.39. The highest BCUT2D eigenvalue weighted by Gasteiger charge is 2.25. The van der Waals surface area contributed by atoms with Crippen molar-refractivity contribution in [3.8, 4) is 0 Å². The molecule has 154 valence electrons. The first-order valence-electron chi connectivity index (χ1n) is 10.0. The van der Waals surface area contributed by atoms with E-state index in [1.165, 1.54) is 5.56 Å². The molecule has 1 aliphatic heterocycles. The number of amides is 1. The second kappa shape index (κ2) is 8.61. The predicted octanol–water partition coefficient (Wildman–Crippen LogP) is 3.02. The van der Waals surface area contributed by atoms with Crippen molar-refractivity contribution in [1.82, 2.24) is 19.4 Å². The van der Waals surface area contributed by atoms with Crippen LogP contribution in [-0.2, 0) is 11.8 Å². The second-order valence-electron chi connectivity index (χ2n) is 7.50. The molecule has 0 unspecified atom stereocenters. The molecule has 1 aliphatic rings. The summed E-state index contributed by atoms with van der Waals surface area (Å²) in [5.41, 5.74) is 3.30. The lowest BCUT2D eigenvalue weighted by molar-refractivity contribution is 0.0376. The number of aromatic nitrogens is 3. The summed E-state index contributed by atoms with van der Waals surface area (Å²) >= 11 is 1.59. The van der Waals surface area contributed by atoms with Gasteiger partial charge in [-0.2, -0.15) is 0 Å². The van der Waals surface area contributed by atoms with E-state index in [0.717, 1.165) is 60.2 Å². The molecule has 0 aliphatic carbocycles. The Bertz CT molecular complexity index is 967. The maximum atomic E-state index is 13.3. The van der Waals surface area contributed by atoms with Crippen LogP contribution in [0.15, 0.2) is 24.5 Å². The molecule has 29 heavy (non-hydrogen) atoms. The largest absolute Gasteiger partial charge is 0.379 e. The molecule has 8 heteroatoms. The summed E-state index contributed by atoms with van der Waals surface area (Å²) in [5, 5.41) is 0.743. The van der Waals surface area contributed by atoms with Crippen molar-refractivity contribution in [2.45, 2.75) is 20.3 Å². The van der Waals surface area contributed by atoms with Crippen LogP contribution in [0.1, 0.15) is 28.2 Å². The van der Waals surface area contributed by atoms with Crippen LogP contribution in [0.25, 0.3) is 10.2 Å². The third-order valence-corrected chi connectivity index (χ3v) is 6.59. The molecule has 4 rings (SSSR count). The minimum atomic E-state index is -0.103. The van der Waals surface area contributed by atoms with Crippen molar-refractivity contribution in [3.63, 3.8) is 0 Å². The summed E-state index contributed by atoms with van der Waals surface area (Å²) in [6.07, 6.45) is 4.33. The Kier molecular flexibility index (Phi) is 5.94. The van der Waals surface area contributed by atoms with Crippen LogP contribution in [0.5, 0.6) is 0 Å². The molecule has 0 saturated carbocycles. The lowest BCUT2D eigenvalue weighted by Gasteiger charge is -2.27. The van der Waals surface area contributed by atoms with Crippen molar-refractivity contribution in [3.05, 3.63) is 41.5 Å². The van der Waals surface area contributed by atoms with Crippen LogP contribution in [0.4, 0.5) is 5.13 Å². The zero-order chi connectivity index (χ0) is 20.4. The summed E-state index contributed by atoms with van der Waals surface area (Å²) in [6, 6.07) is 4.20. The molecule has 1 aromatic carbocycles. The Balaban J connectivity index is 1.61. The molecule has 1 amide bonds. The highest BCUT2D eigenvalue weighted by Crippen LogP contribution is 2.33. The number of carbonyl (C=O) groups excluding carboxylic acids is 1. The van der Waals surface area contributed by atoms with Gasteiger partial charge in [0.2, 0.25) is 0 Å². The van der Waals surface area contributed by atoms with Gasteiger partial charge in [-0.1, -0.05) is 23.5 Å². The van der Waals surface area contributed by atoms with E-state index in [-0.39, 0.29) is 5.91 Å². The van der Waals surface area contributed by atoms with E-state index < -0.39 is 0 Å². The third-order valence-electron chi connectivity index (χ3n) is 5.38. The molecule has 2 aromatic heterocycles. The Morgan fingerprint density at radius 3 is 2.69 bits per heavy atom. The van der Waals surface area contributed by atoms with Gasteiger partial charge in [0, 0.05) is 45.6 Å². The Morgan fingerprint density at radius 1 is 1.24 bits per heavy atom. The molecule has 7 nitrogen and oxygen atoms in total. The number of hydrogen-bond acceptors (Lipinski definition) is 6. The highest BCUT2D eigenvalue weighted by atomic mass is 32.1. The number of anilines is 1.